The van der Waals surface area contributed by atoms with Gasteiger partial charge >= 0.3 is 5.97 Å². The highest BCUT2D eigenvalue weighted by Gasteiger charge is 2.07. The lowest BCUT2D eigenvalue weighted by molar-refractivity contribution is 0.0525. The third kappa shape index (κ3) is 3.41. The zero-order chi connectivity index (χ0) is 14.4. The minimum atomic E-state index is -0.415. The molecule has 0 atom stereocenters. The Hall–Kier alpha value is -2.69. The number of rotatable bonds is 5. The van der Waals surface area contributed by atoms with Crippen LogP contribution in [-0.2, 0) is 4.74 Å². The van der Waals surface area contributed by atoms with Gasteiger partial charge < -0.3 is 9.47 Å². The SMILES string of the molecule is CCOC(=O)c1ccc(Oc2ccc(C=O)cc2)nc1. The topological polar surface area (TPSA) is 65.5 Å². The summed E-state index contributed by atoms with van der Waals surface area (Å²) in [7, 11) is 0. The highest BCUT2D eigenvalue weighted by Crippen LogP contribution is 2.19. The van der Waals surface area contributed by atoms with Crippen LogP contribution in [0.25, 0.3) is 0 Å². The number of carbonyl (C=O) groups is 2. The Labute approximate surface area is 116 Å². The first-order chi connectivity index (χ1) is 9.72. The van der Waals surface area contributed by atoms with Crippen LogP contribution in [0.4, 0.5) is 0 Å². The summed E-state index contributed by atoms with van der Waals surface area (Å²) >= 11 is 0. The first-order valence-electron chi connectivity index (χ1n) is 6.09. The molecule has 0 radical (unpaired) electrons. The summed E-state index contributed by atoms with van der Waals surface area (Å²) in [5.74, 6) is 0.505. The Balaban J connectivity index is 2.06. The third-order valence-corrected chi connectivity index (χ3v) is 2.49. The fourth-order valence-corrected chi connectivity index (χ4v) is 1.51. The van der Waals surface area contributed by atoms with Gasteiger partial charge in [0.1, 0.15) is 12.0 Å². The number of esters is 1. The van der Waals surface area contributed by atoms with Gasteiger partial charge in [0.2, 0.25) is 5.88 Å². The number of hydrogen-bond donors (Lipinski definition) is 0. The summed E-state index contributed by atoms with van der Waals surface area (Å²) in [6.45, 7) is 2.06. The van der Waals surface area contributed by atoms with E-state index in [1.807, 2.05) is 0 Å². The molecular weight excluding hydrogens is 258 g/mol. The van der Waals surface area contributed by atoms with Crippen LogP contribution in [0.5, 0.6) is 11.6 Å². The molecule has 0 aliphatic carbocycles. The molecule has 0 N–H and O–H groups in total. The summed E-state index contributed by atoms with van der Waals surface area (Å²) in [6, 6.07) is 9.81. The molecule has 0 saturated heterocycles. The summed E-state index contributed by atoms with van der Waals surface area (Å²) < 4.78 is 10.4. The Morgan fingerprint density at radius 3 is 2.50 bits per heavy atom. The predicted octanol–water partition coefficient (Wildman–Crippen LogP) is 2.86. The second kappa shape index (κ2) is 6.47. The maximum absolute atomic E-state index is 11.4. The van der Waals surface area contributed by atoms with E-state index >= 15 is 0 Å². The van der Waals surface area contributed by atoms with Crippen molar-refractivity contribution in [3.8, 4) is 11.6 Å². The van der Waals surface area contributed by atoms with Gasteiger partial charge in [-0.3, -0.25) is 4.79 Å². The molecule has 102 valence electrons. The molecule has 0 saturated carbocycles. The number of pyridine rings is 1. The second-order valence-corrected chi connectivity index (χ2v) is 3.89. The lowest BCUT2D eigenvalue weighted by atomic mass is 10.2. The van der Waals surface area contributed by atoms with Gasteiger partial charge in [0, 0.05) is 17.8 Å². The Morgan fingerprint density at radius 2 is 1.95 bits per heavy atom. The number of aromatic nitrogens is 1. The molecule has 1 aromatic carbocycles. The maximum Gasteiger partial charge on any atom is 0.339 e. The number of benzene rings is 1. The van der Waals surface area contributed by atoms with Crippen molar-refractivity contribution in [2.75, 3.05) is 6.61 Å². The molecule has 0 fully saturated rings. The van der Waals surface area contributed by atoms with Gasteiger partial charge in [-0.2, -0.15) is 0 Å². The van der Waals surface area contributed by atoms with E-state index in [0.717, 1.165) is 6.29 Å². The van der Waals surface area contributed by atoms with Gasteiger partial charge in [-0.05, 0) is 37.3 Å². The predicted molar refractivity (Wildman–Crippen MR) is 72.1 cm³/mol. The Kier molecular flexibility index (Phi) is 4.44. The highest BCUT2D eigenvalue weighted by atomic mass is 16.5. The van der Waals surface area contributed by atoms with E-state index in [0.29, 0.717) is 29.4 Å². The minimum Gasteiger partial charge on any atom is -0.462 e. The number of carbonyl (C=O) groups excluding carboxylic acids is 2. The van der Waals surface area contributed by atoms with Crippen molar-refractivity contribution in [1.29, 1.82) is 0 Å². The summed E-state index contributed by atoms with van der Waals surface area (Å²) in [4.78, 5) is 26.0. The van der Waals surface area contributed by atoms with Crippen LogP contribution in [0, 0.1) is 0 Å². The van der Waals surface area contributed by atoms with Crippen molar-refractivity contribution in [3.05, 3.63) is 53.7 Å². The van der Waals surface area contributed by atoms with E-state index in [2.05, 4.69) is 4.98 Å². The lowest BCUT2D eigenvalue weighted by Gasteiger charge is -2.05. The van der Waals surface area contributed by atoms with Crippen LogP contribution in [0.3, 0.4) is 0 Å². The Morgan fingerprint density at radius 1 is 1.20 bits per heavy atom. The van der Waals surface area contributed by atoms with Crippen molar-refractivity contribution in [3.63, 3.8) is 0 Å². The standard InChI is InChI=1S/C15H13NO4/c1-2-19-15(18)12-5-8-14(16-9-12)20-13-6-3-11(10-17)4-7-13/h3-10H,2H2,1H3. The largest absolute Gasteiger partial charge is 0.462 e. The molecule has 0 aliphatic rings. The summed E-state index contributed by atoms with van der Waals surface area (Å²) in [6.07, 6.45) is 2.16. The Bertz CT molecular complexity index is 590. The average molecular weight is 271 g/mol. The molecule has 0 unspecified atom stereocenters. The van der Waals surface area contributed by atoms with E-state index < -0.39 is 5.97 Å². The van der Waals surface area contributed by atoms with Crippen LogP contribution in [0.1, 0.15) is 27.6 Å². The molecule has 1 aromatic heterocycles. The molecule has 2 rings (SSSR count). The van der Waals surface area contributed by atoms with Gasteiger partial charge in [0.05, 0.1) is 12.2 Å². The number of nitrogens with zero attached hydrogens (tertiary/aromatic N) is 1. The maximum atomic E-state index is 11.4. The van der Waals surface area contributed by atoms with Crippen molar-refractivity contribution < 1.29 is 19.1 Å². The number of ether oxygens (including phenoxy) is 2. The number of aldehydes is 1. The lowest BCUT2D eigenvalue weighted by Crippen LogP contribution is -2.04. The smallest absolute Gasteiger partial charge is 0.339 e. The van der Waals surface area contributed by atoms with Crippen LogP contribution >= 0.6 is 0 Å². The van der Waals surface area contributed by atoms with Crippen LogP contribution in [0.15, 0.2) is 42.6 Å². The molecule has 20 heavy (non-hydrogen) atoms. The first-order valence-corrected chi connectivity index (χ1v) is 6.09. The van der Waals surface area contributed by atoms with Crippen molar-refractivity contribution in [2.45, 2.75) is 6.92 Å². The van der Waals surface area contributed by atoms with Crippen LogP contribution in [-0.4, -0.2) is 23.8 Å². The van der Waals surface area contributed by atoms with E-state index in [4.69, 9.17) is 9.47 Å². The molecule has 1 heterocycles. The molecule has 0 amide bonds. The van der Waals surface area contributed by atoms with Crippen molar-refractivity contribution in [2.24, 2.45) is 0 Å². The normalized spacial score (nSPS) is 9.85. The molecule has 0 spiro atoms. The van der Waals surface area contributed by atoms with Crippen LogP contribution in [0.2, 0.25) is 0 Å². The third-order valence-electron chi connectivity index (χ3n) is 2.49. The summed E-state index contributed by atoms with van der Waals surface area (Å²) in [5, 5.41) is 0. The van der Waals surface area contributed by atoms with Crippen molar-refractivity contribution >= 4 is 12.3 Å². The molecule has 5 heteroatoms. The highest BCUT2D eigenvalue weighted by molar-refractivity contribution is 5.89. The van der Waals surface area contributed by atoms with Crippen molar-refractivity contribution in [1.82, 2.24) is 4.98 Å². The monoisotopic (exact) mass is 271 g/mol. The molecule has 0 bridgehead atoms. The fourth-order valence-electron chi connectivity index (χ4n) is 1.51. The average Bonchev–Trinajstić information content (AvgIpc) is 2.49. The summed E-state index contributed by atoms with van der Waals surface area (Å²) in [5.41, 5.74) is 0.943. The van der Waals surface area contributed by atoms with Crippen LogP contribution < -0.4 is 4.74 Å². The zero-order valence-electron chi connectivity index (χ0n) is 10.9. The molecular formula is C15H13NO4. The molecule has 2 aromatic rings. The molecule has 0 aliphatic heterocycles. The van der Waals surface area contributed by atoms with E-state index in [1.165, 1.54) is 6.20 Å². The fraction of sp³-hybridized carbons (Fsp3) is 0.133. The van der Waals surface area contributed by atoms with E-state index in [-0.39, 0.29) is 0 Å². The zero-order valence-corrected chi connectivity index (χ0v) is 10.9. The number of hydrogen-bond acceptors (Lipinski definition) is 5. The first kappa shape index (κ1) is 13.7. The van der Waals surface area contributed by atoms with Gasteiger partial charge in [0.15, 0.2) is 0 Å². The van der Waals surface area contributed by atoms with Gasteiger partial charge in [-0.1, -0.05) is 0 Å². The molecule has 5 nitrogen and oxygen atoms in total. The van der Waals surface area contributed by atoms with Gasteiger partial charge in [-0.15, -0.1) is 0 Å². The quantitative estimate of drug-likeness (QED) is 0.618. The van der Waals surface area contributed by atoms with Gasteiger partial charge in [-0.25, -0.2) is 9.78 Å². The minimum absolute atomic E-state index is 0.320. The van der Waals surface area contributed by atoms with E-state index in [1.54, 1.807) is 43.3 Å². The van der Waals surface area contributed by atoms with Gasteiger partial charge in [0.25, 0.3) is 0 Å². The van der Waals surface area contributed by atoms with E-state index in [9.17, 15) is 9.59 Å². The second-order valence-electron chi connectivity index (χ2n) is 3.89.